The van der Waals surface area contributed by atoms with E-state index < -0.39 is 21.8 Å². The molecule has 4 heterocycles. The highest BCUT2D eigenvalue weighted by molar-refractivity contribution is 7.90. The number of ether oxygens (including phenoxy) is 3. The van der Waals surface area contributed by atoms with Crippen LogP contribution in [0, 0.1) is 17.1 Å². The topological polar surface area (TPSA) is 148 Å². The van der Waals surface area contributed by atoms with E-state index >= 15 is 0 Å². The van der Waals surface area contributed by atoms with Crippen molar-refractivity contribution in [1.82, 2.24) is 19.2 Å². The largest absolute Gasteiger partial charge is 0.453 e. The van der Waals surface area contributed by atoms with Crippen molar-refractivity contribution in [3.8, 4) is 17.6 Å². The molecule has 222 valence electrons. The van der Waals surface area contributed by atoms with Crippen molar-refractivity contribution >= 4 is 26.8 Å². The number of nitriles is 1. The van der Waals surface area contributed by atoms with Crippen molar-refractivity contribution in [1.29, 1.82) is 5.26 Å². The average molecular weight is 599 g/mol. The Hall–Kier alpha value is -3.61. The average Bonchev–Trinajstić information content (AvgIpc) is 3.64. The molecule has 3 saturated heterocycles. The van der Waals surface area contributed by atoms with Gasteiger partial charge in [-0.1, -0.05) is 0 Å². The van der Waals surface area contributed by atoms with Gasteiger partial charge in [-0.2, -0.15) is 18.0 Å². The minimum atomic E-state index is -4.04. The number of hydrogen-bond acceptors (Lipinski definition) is 9. The Morgan fingerprint density at radius 2 is 2.07 bits per heavy atom. The maximum Gasteiger partial charge on any atom is 0.301 e. The van der Waals surface area contributed by atoms with Crippen LogP contribution in [-0.4, -0.2) is 73.9 Å². The summed E-state index contributed by atoms with van der Waals surface area (Å²) >= 11 is 0. The summed E-state index contributed by atoms with van der Waals surface area (Å²) in [6, 6.07) is 8.40. The molecule has 0 bridgehead atoms. The van der Waals surface area contributed by atoms with Gasteiger partial charge in [-0.25, -0.2) is 9.37 Å². The molecule has 3 aromatic rings. The Morgan fingerprint density at radius 3 is 2.81 bits per heavy atom. The molecule has 2 aromatic carbocycles. The number of benzene rings is 2. The molecule has 1 aromatic heterocycles. The van der Waals surface area contributed by atoms with Crippen molar-refractivity contribution in [2.75, 3.05) is 44.6 Å². The van der Waals surface area contributed by atoms with Crippen LogP contribution in [0.5, 0.6) is 11.5 Å². The second-order valence-electron chi connectivity index (χ2n) is 10.9. The lowest BCUT2D eigenvalue weighted by Crippen LogP contribution is -2.41. The van der Waals surface area contributed by atoms with Gasteiger partial charge in [0.25, 0.3) is 5.56 Å². The number of aromatic nitrogens is 2. The van der Waals surface area contributed by atoms with Gasteiger partial charge < -0.3 is 19.5 Å². The molecule has 6 rings (SSSR count). The lowest BCUT2D eigenvalue weighted by atomic mass is 9.88. The minimum Gasteiger partial charge on any atom is -0.453 e. The predicted molar refractivity (Wildman–Crippen MR) is 151 cm³/mol. The molecule has 0 unspecified atom stereocenters. The van der Waals surface area contributed by atoms with E-state index in [1.54, 1.807) is 10.6 Å². The number of halogens is 1. The summed E-state index contributed by atoms with van der Waals surface area (Å²) in [4.78, 5) is 18.0. The standard InChI is InChI=1S/C28H31FN6O6S/c1-39-20-6-11-34(15-20)42(37,38)33-25-5-3-23(29)26(22(25)14-30)41-19-2-4-24-21(12-19)27(36)35(17-32-24)18-13-28(40-16-18)7-9-31-10-8-28/h2-5,12,17-18,20,31,33H,6-11,13,15-16H2,1H3/t18-,20+/m1/s1. The second kappa shape index (κ2) is 11.2. The molecule has 3 fully saturated rings. The lowest BCUT2D eigenvalue weighted by Gasteiger charge is -2.32. The lowest BCUT2D eigenvalue weighted by molar-refractivity contribution is -0.0196. The molecule has 12 nitrogen and oxygen atoms in total. The molecule has 3 aliphatic rings. The summed E-state index contributed by atoms with van der Waals surface area (Å²) in [5.74, 6) is -1.24. The summed E-state index contributed by atoms with van der Waals surface area (Å²) in [5.41, 5.74) is -0.561. The number of fused-ring (bicyclic) bond motifs is 1. The molecule has 42 heavy (non-hydrogen) atoms. The highest BCUT2D eigenvalue weighted by Crippen LogP contribution is 2.39. The van der Waals surface area contributed by atoms with Gasteiger partial charge in [0.15, 0.2) is 11.6 Å². The summed E-state index contributed by atoms with van der Waals surface area (Å²) < 4.78 is 63.3. The summed E-state index contributed by atoms with van der Waals surface area (Å²) in [5, 5.41) is 13.5. The molecular weight excluding hydrogens is 567 g/mol. The molecule has 0 saturated carbocycles. The molecule has 0 amide bonds. The Morgan fingerprint density at radius 1 is 1.26 bits per heavy atom. The summed E-state index contributed by atoms with van der Waals surface area (Å²) in [6.07, 6.45) is 4.29. The van der Waals surface area contributed by atoms with Crippen LogP contribution < -0.4 is 20.3 Å². The Balaban J connectivity index is 1.28. The van der Waals surface area contributed by atoms with Crippen molar-refractivity contribution in [2.24, 2.45) is 0 Å². The van der Waals surface area contributed by atoms with Crippen molar-refractivity contribution in [3.63, 3.8) is 0 Å². The maximum atomic E-state index is 15.0. The molecule has 1 spiro atoms. The maximum absolute atomic E-state index is 15.0. The Labute approximate surface area is 242 Å². The van der Waals surface area contributed by atoms with Gasteiger partial charge >= 0.3 is 10.2 Å². The van der Waals surface area contributed by atoms with E-state index in [1.807, 2.05) is 6.07 Å². The van der Waals surface area contributed by atoms with Crippen molar-refractivity contribution < 1.29 is 27.0 Å². The second-order valence-corrected chi connectivity index (χ2v) is 12.5. The predicted octanol–water partition coefficient (Wildman–Crippen LogP) is 2.66. The monoisotopic (exact) mass is 598 g/mol. The highest BCUT2D eigenvalue weighted by atomic mass is 32.2. The zero-order valence-corrected chi connectivity index (χ0v) is 23.8. The van der Waals surface area contributed by atoms with Crippen LogP contribution in [0.2, 0.25) is 0 Å². The number of rotatable bonds is 7. The molecule has 0 aliphatic carbocycles. The number of nitrogens with zero attached hydrogens (tertiary/aromatic N) is 4. The van der Waals surface area contributed by atoms with Gasteiger partial charge in [0.05, 0.1) is 47.3 Å². The molecule has 2 N–H and O–H groups in total. The first-order valence-electron chi connectivity index (χ1n) is 13.8. The van der Waals surface area contributed by atoms with Gasteiger partial charge in [0, 0.05) is 20.2 Å². The molecule has 14 heteroatoms. The molecule has 0 radical (unpaired) electrons. The van der Waals surface area contributed by atoms with Crippen LogP contribution in [0.3, 0.4) is 0 Å². The first kappa shape index (κ1) is 28.5. The van der Waals surface area contributed by atoms with E-state index in [9.17, 15) is 22.9 Å². The van der Waals surface area contributed by atoms with E-state index in [4.69, 9.17) is 14.2 Å². The zero-order chi connectivity index (χ0) is 29.5. The van der Waals surface area contributed by atoms with Crippen molar-refractivity contribution in [3.05, 3.63) is 58.4 Å². The van der Waals surface area contributed by atoms with E-state index in [0.717, 1.165) is 32.0 Å². The van der Waals surface area contributed by atoms with Crippen LogP contribution >= 0.6 is 0 Å². The number of anilines is 1. The fourth-order valence-electron chi connectivity index (χ4n) is 5.95. The van der Waals surface area contributed by atoms with Crippen LogP contribution in [0.4, 0.5) is 10.1 Å². The number of piperidine rings is 1. The van der Waals surface area contributed by atoms with E-state index in [1.165, 1.54) is 35.9 Å². The normalized spacial score (nSPS) is 22.4. The van der Waals surface area contributed by atoms with Crippen LogP contribution in [0.15, 0.2) is 41.5 Å². The quantitative estimate of drug-likeness (QED) is 0.419. The van der Waals surface area contributed by atoms with E-state index in [0.29, 0.717) is 25.0 Å². The van der Waals surface area contributed by atoms with Crippen molar-refractivity contribution in [2.45, 2.75) is 43.4 Å². The smallest absolute Gasteiger partial charge is 0.301 e. The Bertz CT molecular complexity index is 1720. The van der Waals surface area contributed by atoms with E-state index in [-0.39, 0.29) is 58.8 Å². The fourth-order valence-corrected chi connectivity index (χ4v) is 7.24. The zero-order valence-electron chi connectivity index (χ0n) is 23.0. The van der Waals surface area contributed by atoms with Gasteiger partial charge in [0.2, 0.25) is 0 Å². The van der Waals surface area contributed by atoms with Crippen LogP contribution in [-0.2, 0) is 19.7 Å². The number of methoxy groups -OCH3 is 1. The third-order valence-electron chi connectivity index (χ3n) is 8.31. The minimum absolute atomic E-state index is 0.0922. The van der Waals surface area contributed by atoms with Crippen LogP contribution in [0.25, 0.3) is 10.9 Å². The summed E-state index contributed by atoms with van der Waals surface area (Å²) in [6.45, 7) is 2.55. The molecular formula is C28H31FN6O6S. The third kappa shape index (κ3) is 5.34. The van der Waals surface area contributed by atoms with Gasteiger partial charge in [-0.15, -0.1) is 0 Å². The van der Waals surface area contributed by atoms with Gasteiger partial charge in [-0.3, -0.25) is 14.1 Å². The summed E-state index contributed by atoms with van der Waals surface area (Å²) in [7, 11) is -2.53. The number of hydrogen-bond donors (Lipinski definition) is 2. The molecule has 3 aliphatic heterocycles. The first-order valence-corrected chi connectivity index (χ1v) is 15.2. The first-order chi connectivity index (χ1) is 20.2. The fraction of sp³-hybridized carbons (Fsp3) is 0.464. The Kier molecular flexibility index (Phi) is 7.62. The van der Waals surface area contributed by atoms with Crippen LogP contribution in [0.1, 0.15) is 37.3 Å². The van der Waals surface area contributed by atoms with Gasteiger partial charge in [-0.05, 0) is 69.1 Å². The number of nitrogens with one attached hydrogen (secondary N) is 2. The third-order valence-corrected chi connectivity index (χ3v) is 9.80. The SMILES string of the molecule is CO[C@H]1CCN(S(=O)(=O)Nc2ccc(F)c(Oc3ccc4ncn([C@H]5COC6(CCNCC6)C5)c(=O)c4c3)c2C#N)C1. The van der Waals surface area contributed by atoms with E-state index in [2.05, 4.69) is 15.0 Å². The highest BCUT2D eigenvalue weighted by Gasteiger charge is 2.42. The molecule has 2 atom stereocenters. The van der Waals surface area contributed by atoms with Gasteiger partial charge in [0.1, 0.15) is 17.4 Å².